The summed E-state index contributed by atoms with van der Waals surface area (Å²) in [6.45, 7) is 6.39. The van der Waals surface area contributed by atoms with Gasteiger partial charge in [0.1, 0.15) is 0 Å². The molecule has 0 bridgehead atoms. The van der Waals surface area contributed by atoms with Gasteiger partial charge >= 0.3 is 0 Å². The summed E-state index contributed by atoms with van der Waals surface area (Å²) in [7, 11) is 0. The Hall–Kier alpha value is -1.64. The van der Waals surface area contributed by atoms with Crippen LogP contribution in [-0.4, -0.2) is 9.55 Å². The van der Waals surface area contributed by atoms with Crippen LogP contribution in [0.15, 0.2) is 28.1 Å². The summed E-state index contributed by atoms with van der Waals surface area (Å²) in [6.07, 6.45) is 0. The van der Waals surface area contributed by atoms with Gasteiger partial charge in [-0.1, -0.05) is 0 Å². The molecule has 21 heavy (non-hydrogen) atoms. The van der Waals surface area contributed by atoms with Crippen molar-refractivity contribution in [1.29, 1.82) is 5.26 Å². The predicted octanol–water partition coefficient (Wildman–Crippen LogP) is 5.29. The Kier molecular flexibility index (Phi) is 3.60. The highest BCUT2D eigenvalue weighted by Gasteiger charge is 2.17. The minimum absolute atomic E-state index is 0.305. The van der Waals surface area contributed by atoms with Crippen molar-refractivity contribution in [3.8, 4) is 16.8 Å². The van der Waals surface area contributed by atoms with Gasteiger partial charge in [-0.15, -0.1) is 11.3 Å². The molecule has 0 radical (unpaired) electrons. The third-order valence-electron chi connectivity index (χ3n) is 3.41. The van der Waals surface area contributed by atoms with Crippen molar-refractivity contribution in [1.82, 2.24) is 9.55 Å². The summed E-state index contributed by atoms with van der Waals surface area (Å²) in [4.78, 5) is 5.91. The van der Waals surface area contributed by atoms with Crippen molar-refractivity contribution in [3.05, 3.63) is 39.2 Å². The zero-order valence-electron chi connectivity index (χ0n) is 12.0. The average molecular weight is 360 g/mol. The van der Waals surface area contributed by atoms with E-state index in [4.69, 9.17) is 10.2 Å². The highest BCUT2D eigenvalue weighted by molar-refractivity contribution is 9.11. The zero-order valence-corrected chi connectivity index (χ0v) is 14.4. The van der Waals surface area contributed by atoms with Gasteiger partial charge in [0, 0.05) is 6.04 Å². The third-order valence-corrected chi connectivity index (χ3v) is 5.55. The van der Waals surface area contributed by atoms with Crippen LogP contribution in [0, 0.1) is 18.3 Å². The lowest BCUT2D eigenvalue weighted by Gasteiger charge is -2.12. The van der Waals surface area contributed by atoms with Gasteiger partial charge in [-0.05, 0) is 66.5 Å². The maximum atomic E-state index is 9.05. The molecule has 0 atom stereocenters. The van der Waals surface area contributed by atoms with E-state index in [-0.39, 0.29) is 0 Å². The molecule has 0 N–H and O–H groups in total. The van der Waals surface area contributed by atoms with E-state index >= 15 is 0 Å². The second kappa shape index (κ2) is 5.28. The van der Waals surface area contributed by atoms with Crippen LogP contribution >= 0.6 is 27.3 Å². The summed E-state index contributed by atoms with van der Waals surface area (Å²) in [5.41, 5.74) is 3.81. The number of nitrogens with zero attached hydrogens (tertiary/aromatic N) is 3. The topological polar surface area (TPSA) is 41.6 Å². The van der Waals surface area contributed by atoms with Crippen molar-refractivity contribution in [3.63, 3.8) is 0 Å². The molecule has 0 spiro atoms. The van der Waals surface area contributed by atoms with Crippen LogP contribution in [-0.2, 0) is 0 Å². The molecule has 0 saturated heterocycles. The molecule has 0 unspecified atom stereocenters. The molecular weight excluding hydrogens is 346 g/mol. The van der Waals surface area contributed by atoms with Crippen molar-refractivity contribution in [2.24, 2.45) is 0 Å². The number of benzene rings is 1. The highest BCUT2D eigenvalue weighted by atomic mass is 79.9. The van der Waals surface area contributed by atoms with E-state index in [0.717, 1.165) is 25.5 Å². The van der Waals surface area contributed by atoms with E-state index in [1.165, 1.54) is 5.56 Å². The standard InChI is InChI=1S/C16H14BrN3S/c1-9(2)20-13-5-4-11(8-18)7-12(13)19-16(20)14-6-10(3)15(17)21-14/h4-7,9H,1-3H3. The second-order valence-corrected chi connectivity index (χ2v) is 7.65. The summed E-state index contributed by atoms with van der Waals surface area (Å²) in [5, 5.41) is 9.05. The van der Waals surface area contributed by atoms with Gasteiger partial charge in [0.25, 0.3) is 0 Å². The molecule has 5 heteroatoms. The Labute approximate surface area is 136 Å². The SMILES string of the molecule is Cc1cc(-c2nc3cc(C#N)ccc3n2C(C)C)sc1Br. The van der Waals surface area contributed by atoms with Crippen LogP contribution in [0.2, 0.25) is 0 Å². The lowest BCUT2D eigenvalue weighted by molar-refractivity contribution is 0.625. The number of aryl methyl sites for hydroxylation is 1. The maximum absolute atomic E-state index is 9.05. The Balaban J connectivity index is 2.31. The smallest absolute Gasteiger partial charge is 0.151 e. The molecule has 106 valence electrons. The average Bonchev–Trinajstić information content (AvgIpc) is 2.98. The number of hydrogen-bond acceptors (Lipinski definition) is 3. The fourth-order valence-corrected chi connectivity index (χ4v) is 3.96. The fourth-order valence-electron chi connectivity index (χ4n) is 2.43. The van der Waals surface area contributed by atoms with Gasteiger partial charge in [0.2, 0.25) is 0 Å². The molecule has 0 saturated carbocycles. The largest absolute Gasteiger partial charge is 0.321 e. The molecule has 0 aliphatic carbocycles. The van der Waals surface area contributed by atoms with E-state index < -0.39 is 0 Å². The Morgan fingerprint density at radius 1 is 1.33 bits per heavy atom. The number of nitriles is 1. The van der Waals surface area contributed by atoms with E-state index in [1.807, 2.05) is 18.2 Å². The first-order chi connectivity index (χ1) is 10.0. The highest BCUT2D eigenvalue weighted by Crippen LogP contribution is 2.37. The first kappa shape index (κ1) is 14.3. The molecule has 2 aromatic heterocycles. The van der Waals surface area contributed by atoms with Gasteiger partial charge in [0.05, 0.1) is 31.3 Å². The molecule has 2 heterocycles. The molecular formula is C16H14BrN3S. The van der Waals surface area contributed by atoms with Crippen molar-refractivity contribution in [2.75, 3.05) is 0 Å². The molecule has 0 fully saturated rings. The summed E-state index contributed by atoms with van der Waals surface area (Å²) >= 11 is 5.27. The van der Waals surface area contributed by atoms with Crippen LogP contribution < -0.4 is 0 Å². The lowest BCUT2D eigenvalue weighted by atomic mass is 10.2. The van der Waals surface area contributed by atoms with Gasteiger partial charge in [-0.2, -0.15) is 5.26 Å². The number of aromatic nitrogens is 2. The van der Waals surface area contributed by atoms with Crippen LogP contribution in [0.25, 0.3) is 21.7 Å². The molecule has 3 rings (SSSR count). The van der Waals surface area contributed by atoms with Crippen LogP contribution in [0.1, 0.15) is 31.0 Å². The monoisotopic (exact) mass is 359 g/mol. The normalized spacial score (nSPS) is 11.2. The molecule has 0 aliphatic heterocycles. The van der Waals surface area contributed by atoms with Crippen molar-refractivity contribution in [2.45, 2.75) is 26.8 Å². The zero-order chi connectivity index (χ0) is 15.1. The van der Waals surface area contributed by atoms with E-state index in [0.29, 0.717) is 11.6 Å². The first-order valence-corrected chi connectivity index (χ1v) is 8.30. The van der Waals surface area contributed by atoms with E-state index in [9.17, 15) is 0 Å². The fraction of sp³-hybridized carbons (Fsp3) is 0.250. The van der Waals surface area contributed by atoms with Gasteiger partial charge in [-0.3, -0.25) is 0 Å². The second-order valence-electron chi connectivity index (χ2n) is 5.28. The van der Waals surface area contributed by atoms with Crippen LogP contribution in [0.5, 0.6) is 0 Å². The molecule has 1 aromatic carbocycles. The molecule has 3 nitrogen and oxygen atoms in total. The number of halogens is 1. The van der Waals surface area contributed by atoms with Crippen molar-refractivity contribution < 1.29 is 0 Å². The number of rotatable bonds is 2. The minimum atomic E-state index is 0.305. The van der Waals surface area contributed by atoms with Gasteiger partial charge < -0.3 is 4.57 Å². The number of imidazole rings is 1. The maximum Gasteiger partial charge on any atom is 0.151 e. The van der Waals surface area contributed by atoms with Gasteiger partial charge in [-0.25, -0.2) is 4.98 Å². The number of thiophene rings is 1. The Bertz CT molecular complexity index is 848. The summed E-state index contributed by atoms with van der Waals surface area (Å²) in [6, 6.07) is 10.3. The summed E-state index contributed by atoms with van der Waals surface area (Å²) in [5.74, 6) is 0.967. The predicted molar refractivity (Wildman–Crippen MR) is 90.6 cm³/mol. The first-order valence-electron chi connectivity index (χ1n) is 6.69. The Morgan fingerprint density at radius 3 is 2.67 bits per heavy atom. The number of hydrogen-bond donors (Lipinski definition) is 0. The molecule has 0 aliphatic rings. The summed E-state index contributed by atoms with van der Waals surface area (Å²) < 4.78 is 3.37. The van der Waals surface area contributed by atoms with Gasteiger partial charge in [0.15, 0.2) is 5.82 Å². The Morgan fingerprint density at radius 2 is 2.10 bits per heavy atom. The molecule has 0 amide bonds. The lowest BCUT2D eigenvalue weighted by Crippen LogP contribution is -2.02. The van der Waals surface area contributed by atoms with Crippen LogP contribution in [0.3, 0.4) is 0 Å². The minimum Gasteiger partial charge on any atom is -0.321 e. The van der Waals surface area contributed by atoms with Crippen LogP contribution in [0.4, 0.5) is 0 Å². The quantitative estimate of drug-likeness (QED) is 0.623. The molecule has 3 aromatic rings. The van der Waals surface area contributed by atoms with E-state index in [2.05, 4.69) is 53.4 Å². The third kappa shape index (κ3) is 2.39. The van der Waals surface area contributed by atoms with Crippen molar-refractivity contribution >= 4 is 38.3 Å². The number of fused-ring (bicyclic) bond motifs is 1. The van der Waals surface area contributed by atoms with E-state index in [1.54, 1.807) is 11.3 Å².